The van der Waals surface area contributed by atoms with Crippen molar-refractivity contribution < 1.29 is 32.3 Å². The van der Waals surface area contributed by atoms with Crippen LogP contribution >= 0.6 is 0 Å². The Morgan fingerprint density at radius 2 is 1.72 bits per heavy atom. The first-order chi connectivity index (χ1) is 17.1. The van der Waals surface area contributed by atoms with Gasteiger partial charge in [-0.2, -0.15) is 13.2 Å². The highest BCUT2D eigenvalue weighted by molar-refractivity contribution is 5.95. The van der Waals surface area contributed by atoms with Crippen LogP contribution in [0, 0.1) is 0 Å². The molecule has 0 aliphatic carbocycles. The minimum atomic E-state index is -4.51. The van der Waals surface area contributed by atoms with Crippen molar-refractivity contribution in [2.24, 2.45) is 0 Å². The minimum Gasteiger partial charge on any atom is -0.463 e. The van der Waals surface area contributed by atoms with Crippen LogP contribution in [0.5, 0.6) is 0 Å². The van der Waals surface area contributed by atoms with Gasteiger partial charge in [-0.15, -0.1) is 0 Å². The van der Waals surface area contributed by atoms with E-state index in [2.05, 4.69) is 10.6 Å². The molecule has 3 rings (SSSR count). The first-order valence-electron chi connectivity index (χ1n) is 12.0. The highest BCUT2D eigenvalue weighted by atomic mass is 19.4. The second kappa shape index (κ2) is 11.6. The summed E-state index contributed by atoms with van der Waals surface area (Å²) >= 11 is 0. The predicted octanol–water partition coefficient (Wildman–Crippen LogP) is 2.96. The van der Waals surface area contributed by atoms with Gasteiger partial charge in [-0.3, -0.25) is 9.80 Å². The van der Waals surface area contributed by atoms with E-state index in [9.17, 15) is 27.6 Å². The lowest BCUT2D eigenvalue weighted by molar-refractivity contribution is -0.139. The van der Waals surface area contributed by atoms with E-state index in [0.29, 0.717) is 44.0 Å². The lowest BCUT2D eigenvalue weighted by Gasteiger charge is -2.40. The molecule has 9 nitrogen and oxygen atoms in total. The number of carbonyl (C=O) groups excluding carboxylic acids is 3. The van der Waals surface area contributed by atoms with Crippen molar-refractivity contribution in [2.75, 3.05) is 52.4 Å². The van der Waals surface area contributed by atoms with Gasteiger partial charge in [0.15, 0.2) is 0 Å². The fourth-order valence-corrected chi connectivity index (χ4v) is 4.36. The zero-order valence-corrected chi connectivity index (χ0v) is 20.7. The van der Waals surface area contributed by atoms with Crippen LogP contribution in [-0.4, -0.2) is 85.2 Å². The van der Waals surface area contributed by atoms with Crippen molar-refractivity contribution in [2.45, 2.75) is 33.0 Å². The first kappa shape index (κ1) is 27.3. The molecule has 2 aliphatic rings. The van der Waals surface area contributed by atoms with Gasteiger partial charge in [-0.1, -0.05) is 12.1 Å². The summed E-state index contributed by atoms with van der Waals surface area (Å²) in [6.07, 6.45) is -4.51. The summed E-state index contributed by atoms with van der Waals surface area (Å²) < 4.78 is 44.5. The molecule has 0 spiro atoms. The Bertz CT molecular complexity index is 988. The first-order valence-corrected chi connectivity index (χ1v) is 12.0. The monoisotopic (exact) mass is 511 g/mol. The number of amides is 4. The Morgan fingerprint density at radius 3 is 2.25 bits per heavy atom. The number of alkyl halides is 3. The molecule has 0 radical (unpaired) electrons. The molecule has 36 heavy (non-hydrogen) atoms. The number of benzene rings is 1. The van der Waals surface area contributed by atoms with E-state index in [-0.39, 0.29) is 31.3 Å². The maximum atomic E-state index is 13.1. The third-order valence-electron chi connectivity index (χ3n) is 6.18. The van der Waals surface area contributed by atoms with Gasteiger partial charge in [0.1, 0.15) is 0 Å². The zero-order chi connectivity index (χ0) is 26.5. The summed E-state index contributed by atoms with van der Waals surface area (Å²) in [5.74, 6) is -0.642. The number of carbonyl (C=O) groups is 3. The van der Waals surface area contributed by atoms with E-state index in [4.69, 9.17) is 4.74 Å². The standard InChI is InChI=1S/C24H32F3N5O4/c1-4-28-22(34)31-13-11-30(12-14-31)15-18-19(21(33)36-6-3)20(29-23(35)32(18)5-2)16-7-9-17(10-8-16)24(25,26)27/h7-10,20H,4-6,11-15H2,1-3H3,(H,28,34)(H,29,35). The van der Waals surface area contributed by atoms with Crippen molar-refractivity contribution in [3.05, 3.63) is 46.7 Å². The van der Waals surface area contributed by atoms with E-state index >= 15 is 0 Å². The molecule has 4 amide bonds. The number of hydrogen-bond acceptors (Lipinski definition) is 5. The number of nitrogens with one attached hydrogen (secondary N) is 2. The molecule has 1 fully saturated rings. The Hall–Kier alpha value is -3.28. The maximum absolute atomic E-state index is 13.1. The number of likely N-dealkylation sites (N-methyl/N-ethyl adjacent to an activating group) is 1. The summed E-state index contributed by atoms with van der Waals surface area (Å²) in [6.45, 7) is 8.45. The fraction of sp³-hybridized carbons (Fsp3) is 0.542. The van der Waals surface area contributed by atoms with Crippen molar-refractivity contribution in [3.8, 4) is 0 Å². The Balaban J connectivity index is 1.95. The number of nitrogens with zero attached hydrogens (tertiary/aromatic N) is 3. The summed E-state index contributed by atoms with van der Waals surface area (Å²) in [7, 11) is 0. The molecular weight excluding hydrogens is 479 g/mol. The van der Waals surface area contributed by atoms with Crippen LogP contribution in [0.1, 0.15) is 37.9 Å². The van der Waals surface area contributed by atoms with Crippen LogP contribution < -0.4 is 10.6 Å². The van der Waals surface area contributed by atoms with Gasteiger partial charge in [0.25, 0.3) is 0 Å². The summed E-state index contributed by atoms with van der Waals surface area (Å²) in [4.78, 5) is 43.4. The van der Waals surface area contributed by atoms with Crippen LogP contribution in [0.25, 0.3) is 0 Å². The number of urea groups is 2. The van der Waals surface area contributed by atoms with Gasteiger partial charge < -0.3 is 20.3 Å². The number of esters is 1. The molecule has 198 valence electrons. The molecular formula is C24H32F3N5O4. The van der Waals surface area contributed by atoms with Gasteiger partial charge in [0.2, 0.25) is 0 Å². The number of ether oxygens (including phenoxy) is 1. The second-order valence-electron chi connectivity index (χ2n) is 8.43. The van der Waals surface area contributed by atoms with Crippen molar-refractivity contribution >= 4 is 18.0 Å². The lowest BCUT2D eigenvalue weighted by Crippen LogP contribution is -2.55. The van der Waals surface area contributed by atoms with Crippen molar-refractivity contribution in [3.63, 3.8) is 0 Å². The number of hydrogen-bond donors (Lipinski definition) is 2. The average molecular weight is 512 g/mol. The van der Waals surface area contributed by atoms with Gasteiger partial charge >= 0.3 is 24.2 Å². The highest BCUT2D eigenvalue weighted by Crippen LogP contribution is 2.34. The predicted molar refractivity (Wildman–Crippen MR) is 126 cm³/mol. The zero-order valence-electron chi connectivity index (χ0n) is 20.7. The van der Waals surface area contributed by atoms with Crippen molar-refractivity contribution in [1.82, 2.24) is 25.3 Å². The SMILES string of the molecule is CCNC(=O)N1CCN(CC2=C(C(=O)OCC)C(c3ccc(C(F)(F)F)cc3)NC(=O)N2CC)CC1. The Morgan fingerprint density at radius 1 is 1.08 bits per heavy atom. The molecule has 2 heterocycles. The Labute approximate surface area is 208 Å². The quantitative estimate of drug-likeness (QED) is 0.549. The van der Waals surface area contributed by atoms with E-state index in [1.165, 1.54) is 17.0 Å². The molecule has 1 unspecified atom stereocenters. The molecule has 1 atom stereocenters. The molecule has 1 saturated heterocycles. The maximum Gasteiger partial charge on any atom is 0.416 e. The largest absolute Gasteiger partial charge is 0.463 e. The smallest absolute Gasteiger partial charge is 0.416 e. The van der Waals surface area contributed by atoms with Gasteiger partial charge in [0, 0.05) is 51.5 Å². The van der Waals surface area contributed by atoms with Crippen LogP contribution in [0.15, 0.2) is 35.5 Å². The summed E-state index contributed by atoms with van der Waals surface area (Å²) in [5, 5.41) is 5.52. The van der Waals surface area contributed by atoms with Gasteiger partial charge in [0.05, 0.1) is 23.8 Å². The number of rotatable bonds is 7. The molecule has 0 bridgehead atoms. The van der Waals surface area contributed by atoms with Crippen molar-refractivity contribution in [1.29, 1.82) is 0 Å². The Kier molecular flexibility index (Phi) is 8.83. The topological polar surface area (TPSA) is 94.2 Å². The molecule has 2 N–H and O–H groups in total. The van der Waals surface area contributed by atoms with Crippen LogP contribution in [-0.2, 0) is 15.7 Å². The normalized spacial score (nSPS) is 19.3. The van der Waals surface area contributed by atoms with Crippen LogP contribution in [0.2, 0.25) is 0 Å². The molecule has 2 aliphatic heterocycles. The van der Waals surface area contributed by atoms with Crippen LogP contribution in [0.3, 0.4) is 0 Å². The molecule has 0 aromatic heterocycles. The number of piperazine rings is 1. The number of halogens is 3. The summed E-state index contributed by atoms with van der Waals surface area (Å²) in [5.41, 5.74) is 0.143. The fourth-order valence-electron chi connectivity index (χ4n) is 4.36. The molecule has 0 saturated carbocycles. The van der Waals surface area contributed by atoms with E-state index in [0.717, 1.165) is 12.1 Å². The minimum absolute atomic E-state index is 0.0978. The van der Waals surface area contributed by atoms with E-state index < -0.39 is 29.8 Å². The second-order valence-corrected chi connectivity index (χ2v) is 8.43. The van der Waals surface area contributed by atoms with Gasteiger partial charge in [-0.05, 0) is 38.5 Å². The molecule has 1 aromatic carbocycles. The average Bonchev–Trinajstić information content (AvgIpc) is 2.84. The lowest BCUT2D eigenvalue weighted by atomic mass is 9.93. The molecule has 12 heteroatoms. The van der Waals surface area contributed by atoms with E-state index in [1.807, 2.05) is 11.8 Å². The van der Waals surface area contributed by atoms with Gasteiger partial charge in [-0.25, -0.2) is 14.4 Å². The highest BCUT2D eigenvalue weighted by Gasteiger charge is 2.39. The molecule has 1 aromatic rings. The third kappa shape index (κ3) is 6.10. The summed E-state index contributed by atoms with van der Waals surface area (Å²) in [6, 6.07) is 2.82. The third-order valence-corrected chi connectivity index (χ3v) is 6.18. The van der Waals surface area contributed by atoms with E-state index in [1.54, 1.807) is 18.7 Å². The van der Waals surface area contributed by atoms with Crippen LogP contribution in [0.4, 0.5) is 22.8 Å².